The van der Waals surface area contributed by atoms with Gasteiger partial charge in [-0.3, -0.25) is 0 Å². The summed E-state index contributed by atoms with van der Waals surface area (Å²) < 4.78 is 21.8. The Labute approximate surface area is 144 Å². The molecule has 4 rings (SSSR count). The van der Waals surface area contributed by atoms with Gasteiger partial charge in [-0.05, 0) is 49.2 Å². The van der Waals surface area contributed by atoms with E-state index in [-0.39, 0.29) is 5.56 Å². The van der Waals surface area contributed by atoms with Crippen LogP contribution in [0.25, 0.3) is 33.2 Å². The van der Waals surface area contributed by atoms with Crippen LogP contribution in [0.15, 0.2) is 47.0 Å². The van der Waals surface area contributed by atoms with Crippen molar-refractivity contribution in [3.05, 3.63) is 65.1 Å². The van der Waals surface area contributed by atoms with E-state index in [2.05, 4.69) is 23.6 Å². The first-order valence-corrected chi connectivity index (χ1v) is 8.01. The van der Waals surface area contributed by atoms with E-state index in [1.54, 1.807) is 6.07 Å². The molecule has 2 aromatic carbocycles. The van der Waals surface area contributed by atoms with Gasteiger partial charge < -0.3 is 4.42 Å². The lowest BCUT2D eigenvalue weighted by molar-refractivity contribution is -0.660. The normalized spacial score (nSPS) is 11.2. The molecule has 0 saturated heterocycles. The molecule has 0 atom stereocenters. The Morgan fingerprint density at radius 1 is 1.08 bits per heavy atom. The molecule has 2 heterocycles. The zero-order valence-electron chi connectivity index (χ0n) is 14.2. The number of benzene rings is 2. The number of furan rings is 1. The standard InChI is InChI=1S/C21H16FN2O/c1-12-6-7-24(3)19(8-12)15-10-20-16(9-13(15)2)14-4-5-18(22)17(11-23)21(14)25-20/h4-10H,1-3H3/q+1. The van der Waals surface area contributed by atoms with Gasteiger partial charge in [0.15, 0.2) is 11.8 Å². The van der Waals surface area contributed by atoms with Gasteiger partial charge in [0.2, 0.25) is 5.69 Å². The molecular weight excluding hydrogens is 315 g/mol. The molecule has 0 amide bonds. The van der Waals surface area contributed by atoms with Crippen LogP contribution >= 0.6 is 0 Å². The predicted molar refractivity (Wildman–Crippen MR) is 94.5 cm³/mol. The smallest absolute Gasteiger partial charge is 0.212 e. The van der Waals surface area contributed by atoms with E-state index in [0.717, 1.165) is 27.6 Å². The second-order valence-electron chi connectivity index (χ2n) is 6.38. The molecule has 0 saturated carbocycles. The maximum Gasteiger partial charge on any atom is 0.212 e. The number of nitriles is 1. The van der Waals surface area contributed by atoms with Crippen molar-refractivity contribution in [3.63, 3.8) is 0 Å². The fraction of sp³-hybridized carbons (Fsp3) is 0.143. The number of hydrogen-bond acceptors (Lipinski definition) is 2. The molecule has 4 heteroatoms. The van der Waals surface area contributed by atoms with Gasteiger partial charge >= 0.3 is 0 Å². The lowest BCUT2D eigenvalue weighted by Gasteiger charge is -2.05. The molecule has 0 N–H and O–H groups in total. The first-order valence-electron chi connectivity index (χ1n) is 8.01. The summed E-state index contributed by atoms with van der Waals surface area (Å²) in [5.74, 6) is -0.559. The molecule has 0 bridgehead atoms. The molecule has 0 fully saturated rings. The second-order valence-corrected chi connectivity index (χ2v) is 6.38. The predicted octanol–water partition coefficient (Wildman–Crippen LogP) is 4.71. The Bertz CT molecular complexity index is 1200. The van der Waals surface area contributed by atoms with Crippen molar-refractivity contribution in [1.82, 2.24) is 0 Å². The number of pyridine rings is 1. The molecule has 0 aliphatic heterocycles. The molecule has 0 spiro atoms. The number of hydrogen-bond donors (Lipinski definition) is 0. The van der Waals surface area contributed by atoms with Crippen LogP contribution in [0.2, 0.25) is 0 Å². The van der Waals surface area contributed by atoms with Crippen molar-refractivity contribution in [2.45, 2.75) is 13.8 Å². The third-order valence-corrected chi connectivity index (χ3v) is 4.63. The lowest BCUT2D eigenvalue weighted by Crippen LogP contribution is -2.30. The van der Waals surface area contributed by atoms with Gasteiger partial charge in [0, 0.05) is 22.9 Å². The Morgan fingerprint density at radius 2 is 1.88 bits per heavy atom. The molecule has 2 aromatic heterocycles. The molecule has 0 aliphatic rings. The molecule has 25 heavy (non-hydrogen) atoms. The minimum absolute atomic E-state index is 0.0472. The SMILES string of the molecule is Cc1cc[n+](C)c(-c2cc3oc4c(C#N)c(F)ccc4c3cc2C)c1. The quantitative estimate of drug-likeness (QED) is 0.474. The van der Waals surface area contributed by atoms with Crippen LogP contribution < -0.4 is 4.57 Å². The summed E-state index contributed by atoms with van der Waals surface area (Å²) in [6.45, 7) is 4.10. The molecule has 0 radical (unpaired) electrons. The monoisotopic (exact) mass is 331 g/mol. The minimum Gasteiger partial charge on any atom is -0.455 e. The number of fused-ring (bicyclic) bond motifs is 3. The van der Waals surface area contributed by atoms with Crippen LogP contribution in [0.1, 0.15) is 16.7 Å². The van der Waals surface area contributed by atoms with Gasteiger partial charge in [-0.2, -0.15) is 5.26 Å². The maximum absolute atomic E-state index is 13.9. The van der Waals surface area contributed by atoms with E-state index in [1.165, 1.54) is 11.6 Å². The van der Waals surface area contributed by atoms with E-state index in [4.69, 9.17) is 4.42 Å². The molecule has 0 aliphatic carbocycles. The van der Waals surface area contributed by atoms with Gasteiger partial charge in [-0.1, -0.05) is 0 Å². The van der Waals surface area contributed by atoms with Crippen LogP contribution in [0.3, 0.4) is 0 Å². The van der Waals surface area contributed by atoms with Crippen LogP contribution in [-0.2, 0) is 7.05 Å². The van der Waals surface area contributed by atoms with E-state index in [0.29, 0.717) is 11.2 Å². The minimum atomic E-state index is -0.559. The Kier molecular flexibility index (Phi) is 3.33. The average Bonchev–Trinajstić information content (AvgIpc) is 2.94. The number of aromatic nitrogens is 1. The number of nitrogens with zero attached hydrogens (tertiary/aromatic N) is 2. The summed E-state index contributed by atoms with van der Waals surface area (Å²) in [6.07, 6.45) is 2.02. The highest BCUT2D eigenvalue weighted by Gasteiger charge is 2.19. The summed E-state index contributed by atoms with van der Waals surface area (Å²) in [4.78, 5) is 0. The number of aryl methyl sites for hydroxylation is 3. The highest BCUT2D eigenvalue weighted by atomic mass is 19.1. The maximum atomic E-state index is 13.9. The summed E-state index contributed by atoms with van der Waals surface area (Å²) in [6, 6.07) is 13.1. The fourth-order valence-corrected chi connectivity index (χ4v) is 3.29. The zero-order chi connectivity index (χ0) is 17.7. The van der Waals surface area contributed by atoms with Gasteiger partial charge in [0.1, 0.15) is 30.1 Å². The van der Waals surface area contributed by atoms with E-state index in [9.17, 15) is 9.65 Å². The Hall–Kier alpha value is -3.19. The van der Waals surface area contributed by atoms with Crippen LogP contribution in [0, 0.1) is 31.0 Å². The van der Waals surface area contributed by atoms with Crippen molar-refractivity contribution in [2.24, 2.45) is 7.05 Å². The first-order chi connectivity index (χ1) is 12.0. The second kappa shape index (κ2) is 5.42. The molecule has 4 aromatic rings. The van der Waals surface area contributed by atoms with Crippen molar-refractivity contribution < 1.29 is 13.4 Å². The van der Waals surface area contributed by atoms with Crippen LogP contribution in [0.5, 0.6) is 0 Å². The van der Waals surface area contributed by atoms with Crippen LogP contribution in [0.4, 0.5) is 4.39 Å². The van der Waals surface area contributed by atoms with Gasteiger partial charge in [-0.25, -0.2) is 8.96 Å². The summed E-state index contributed by atoms with van der Waals surface area (Å²) in [7, 11) is 2.00. The molecular formula is C21H16FN2O+. The van der Waals surface area contributed by atoms with Crippen molar-refractivity contribution >= 4 is 21.9 Å². The van der Waals surface area contributed by atoms with E-state index < -0.39 is 5.82 Å². The number of rotatable bonds is 1. The lowest BCUT2D eigenvalue weighted by atomic mass is 10.00. The van der Waals surface area contributed by atoms with Gasteiger partial charge in [-0.15, -0.1) is 0 Å². The third kappa shape index (κ3) is 2.28. The summed E-state index contributed by atoms with van der Waals surface area (Å²) in [5, 5.41) is 10.9. The molecule has 0 unspecified atom stereocenters. The van der Waals surface area contributed by atoms with Gasteiger partial charge in [0.05, 0.1) is 5.56 Å². The zero-order valence-corrected chi connectivity index (χ0v) is 14.2. The summed E-state index contributed by atoms with van der Waals surface area (Å²) in [5.41, 5.74) is 5.31. The summed E-state index contributed by atoms with van der Waals surface area (Å²) >= 11 is 0. The first kappa shape index (κ1) is 15.3. The molecule has 122 valence electrons. The highest BCUT2D eigenvalue weighted by Crippen LogP contribution is 2.35. The Balaban J connectivity index is 2.07. The largest absolute Gasteiger partial charge is 0.455 e. The average molecular weight is 331 g/mol. The van der Waals surface area contributed by atoms with Crippen molar-refractivity contribution in [3.8, 4) is 17.3 Å². The highest BCUT2D eigenvalue weighted by molar-refractivity contribution is 6.07. The van der Waals surface area contributed by atoms with Crippen LogP contribution in [-0.4, -0.2) is 0 Å². The van der Waals surface area contributed by atoms with Crippen molar-refractivity contribution in [2.75, 3.05) is 0 Å². The number of halogens is 1. The third-order valence-electron chi connectivity index (χ3n) is 4.63. The molecule has 3 nitrogen and oxygen atoms in total. The van der Waals surface area contributed by atoms with E-state index in [1.807, 2.05) is 38.4 Å². The van der Waals surface area contributed by atoms with Gasteiger partial charge in [0.25, 0.3) is 0 Å². The fourth-order valence-electron chi connectivity index (χ4n) is 3.29. The van der Waals surface area contributed by atoms with E-state index >= 15 is 0 Å². The topological polar surface area (TPSA) is 40.8 Å². The Morgan fingerprint density at radius 3 is 2.64 bits per heavy atom. The van der Waals surface area contributed by atoms with Crippen molar-refractivity contribution in [1.29, 1.82) is 5.26 Å².